The number of rotatable bonds is 8. The largest absolute Gasteiger partial charge is 0.317 e. The van der Waals surface area contributed by atoms with Gasteiger partial charge in [-0.25, -0.2) is 0 Å². The molecule has 0 spiro atoms. The van der Waals surface area contributed by atoms with Crippen LogP contribution in [0.2, 0.25) is 0 Å². The molecule has 0 bridgehead atoms. The van der Waals surface area contributed by atoms with Crippen LogP contribution >= 0.6 is 0 Å². The highest BCUT2D eigenvalue weighted by Crippen LogP contribution is 2.39. The van der Waals surface area contributed by atoms with Crippen molar-refractivity contribution in [3.8, 4) is 0 Å². The summed E-state index contributed by atoms with van der Waals surface area (Å²) in [6, 6.07) is 10.6. The Kier molecular flexibility index (Phi) is 11.3. The fraction of sp³-hybridized carbons (Fsp3) is 0.667. The molecule has 0 aliphatic heterocycles. The van der Waals surface area contributed by atoms with Gasteiger partial charge in [-0.05, 0) is 93.4 Å². The third-order valence-corrected chi connectivity index (χ3v) is 7.17. The van der Waals surface area contributed by atoms with E-state index in [0.29, 0.717) is 6.29 Å². The minimum absolute atomic E-state index is 0.639. The second-order valence-electron chi connectivity index (χ2n) is 9.09. The van der Waals surface area contributed by atoms with E-state index >= 15 is 0 Å². The molecule has 2 aliphatic carbocycles. The maximum atomic E-state index is 9.06. The normalized spacial score (nSPS) is 26.8. The number of carbonyl (C=O) groups excluding carboxylic acids is 1. The van der Waals surface area contributed by atoms with Crippen molar-refractivity contribution in [2.75, 3.05) is 7.05 Å². The highest BCUT2D eigenvalue weighted by atomic mass is 16.1. The number of unbranched alkanes of at least 4 members (excludes halogenated alkanes) is 2. The van der Waals surface area contributed by atoms with Gasteiger partial charge in [0.1, 0.15) is 6.29 Å². The molecule has 0 heterocycles. The first-order valence-electron chi connectivity index (χ1n) is 12.0. The Bertz CT molecular complexity index is 557. The Hall–Kier alpha value is -1.41. The van der Waals surface area contributed by atoms with Gasteiger partial charge < -0.3 is 5.32 Å². The molecule has 162 valence electrons. The number of allylic oxidation sites excluding steroid dienone is 1. The molecule has 0 unspecified atom stereocenters. The fourth-order valence-corrected chi connectivity index (χ4v) is 5.22. The third-order valence-electron chi connectivity index (χ3n) is 7.17. The monoisotopic (exact) mass is 397 g/mol. The van der Waals surface area contributed by atoms with Crippen LogP contribution in [0.3, 0.4) is 0 Å². The first-order chi connectivity index (χ1) is 14.2. The van der Waals surface area contributed by atoms with Crippen LogP contribution in [0.15, 0.2) is 36.9 Å². The molecule has 1 aromatic rings. The van der Waals surface area contributed by atoms with E-state index in [9.17, 15) is 0 Å². The summed E-state index contributed by atoms with van der Waals surface area (Å²) in [5, 5.41) is 3.45. The SMILES string of the molecule is C=CC=O.CCCCCC1CCC(c2ccc(C3CCC(NC)CC3)cc2)CC1. The average Bonchev–Trinajstić information content (AvgIpc) is 2.80. The molecule has 2 heteroatoms. The molecule has 29 heavy (non-hydrogen) atoms. The van der Waals surface area contributed by atoms with Crippen molar-refractivity contribution < 1.29 is 4.79 Å². The van der Waals surface area contributed by atoms with Crippen LogP contribution in [-0.4, -0.2) is 19.4 Å². The van der Waals surface area contributed by atoms with Crippen molar-refractivity contribution in [3.05, 3.63) is 48.0 Å². The molecule has 1 N–H and O–H groups in total. The van der Waals surface area contributed by atoms with Gasteiger partial charge in [0.25, 0.3) is 0 Å². The number of nitrogens with one attached hydrogen (secondary N) is 1. The molecule has 2 nitrogen and oxygen atoms in total. The lowest BCUT2D eigenvalue weighted by Gasteiger charge is -2.30. The van der Waals surface area contributed by atoms with Crippen LogP contribution in [0.4, 0.5) is 0 Å². The summed E-state index contributed by atoms with van der Waals surface area (Å²) in [7, 11) is 2.11. The van der Waals surface area contributed by atoms with Gasteiger partial charge in [0.15, 0.2) is 0 Å². The molecule has 0 aromatic heterocycles. The minimum Gasteiger partial charge on any atom is -0.317 e. The van der Waals surface area contributed by atoms with Gasteiger partial charge in [-0.3, -0.25) is 4.79 Å². The van der Waals surface area contributed by atoms with E-state index in [1.54, 1.807) is 11.1 Å². The van der Waals surface area contributed by atoms with Gasteiger partial charge in [-0.2, -0.15) is 0 Å². The van der Waals surface area contributed by atoms with E-state index in [2.05, 4.69) is 50.1 Å². The predicted octanol–water partition coefficient (Wildman–Crippen LogP) is 7.16. The van der Waals surface area contributed by atoms with Crippen LogP contribution in [0, 0.1) is 5.92 Å². The molecular formula is C27H43NO. The first-order valence-corrected chi connectivity index (χ1v) is 12.0. The number of benzene rings is 1. The Labute approximate surface area is 179 Å². The van der Waals surface area contributed by atoms with Gasteiger partial charge in [-0.1, -0.05) is 63.5 Å². The first kappa shape index (κ1) is 23.9. The lowest BCUT2D eigenvalue weighted by atomic mass is 9.76. The van der Waals surface area contributed by atoms with Crippen LogP contribution in [0.25, 0.3) is 0 Å². The van der Waals surface area contributed by atoms with E-state index in [-0.39, 0.29) is 0 Å². The zero-order chi connectivity index (χ0) is 20.9. The molecule has 2 saturated carbocycles. The number of aldehydes is 1. The quantitative estimate of drug-likeness (QED) is 0.286. The van der Waals surface area contributed by atoms with E-state index in [1.807, 2.05) is 0 Å². The summed E-state index contributed by atoms with van der Waals surface area (Å²) in [5.41, 5.74) is 3.20. The molecule has 0 radical (unpaired) electrons. The van der Waals surface area contributed by atoms with E-state index in [4.69, 9.17) is 4.79 Å². The van der Waals surface area contributed by atoms with Gasteiger partial charge in [0, 0.05) is 6.04 Å². The van der Waals surface area contributed by atoms with E-state index in [1.165, 1.54) is 83.1 Å². The van der Waals surface area contributed by atoms with Crippen LogP contribution in [0.1, 0.15) is 107 Å². The molecule has 1 aromatic carbocycles. The van der Waals surface area contributed by atoms with E-state index < -0.39 is 0 Å². The summed E-state index contributed by atoms with van der Waals surface area (Å²) in [5.74, 6) is 2.65. The number of hydrogen-bond acceptors (Lipinski definition) is 2. The summed E-state index contributed by atoms with van der Waals surface area (Å²) in [4.78, 5) is 9.06. The van der Waals surface area contributed by atoms with Gasteiger partial charge in [-0.15, -0.1) is 0 Å². The molecule has 2 fully saturated rings. The van der Waals surface area contributed by atoms with Crippen LogP contribution < -0.4 is 5.32 Å². The zero-order valence-electron chi connectivity index (χ0n) is 18.9. The van der Waals surface area contributed by atoms with Crippen molar-refractivity contribution in [1.82, 2.24) is 5.32 Å². The maximum Gasteiger partial charge on any atom is 0.142 e. The Morgan fingerprint density at radius 2 is 1.38 bits per heavy atom. The van der Waals surface area contributed by atoms with Crippen LogP contribution in [0.5, 0.6) is 0 Å². The zero-order valence-corrected chi connectivity index (χ0v) is 18.9. The van der Waals surface area contributed by atoms with Crippen molar-refractivity contribution in [2.24, 2.45) is 5.92 Å². The topological polar surface area (TPSA) is 29.1 Å². The van der Waals surface area contributed by atoms with Gasteiger partial charge in [0.2, 0.25) is 0 Å². The highest BCUT2D eigenvalue weighted by molar-refractivity contribution is 5.63. The third kappa shape index (κ3) is 8.09. The molecule has 0 atom stereocenters. The lowest BCUT2D eigenvalue weighted by Crippen LogP contribution is -2.29. The Balaban J connectivity index is 0.000000687. The lowest BCUT2D eigenvalue weighted by molar-refractivity contribution is -0.104. The molecule has 2 aliphatic rings. The highest BCUT2D eigenvalue weighted by Gasteiger charge is 2.24. The summed E-state index contributed by atoms with van der Waals surface area (Å²) in [6.07, 6.45) is 18.7. The summed E-state index contributed by atoms with van der Waals surface area (Å²) < 4.78 is 0. The summed E-state index contributed by atoms with van der Waals surface area (Å²) >= 11 is 0. The molecular weight excluding hydrogens is 354 g/mol. The fourth-order valence-electron chi connectivity index (χ4n) is 5.22. The average molecular weight is 398 g/mol. The van der Waals surface area contributed by atoms with Crippen molar-refractivity contribution >= 4 is 6.29 Å². The van der Waals surface area contributed by atoms with Gasteiger partial charge in [0.05, 0.1) is 0 Å². The number of hydrogen-bond donors (Lipinski definition) is 1. The Morgan fingerprint density at radius 3 is 1.79 bits per heavy atom. The van der Waals surface area contributed by atoms with Crippen molar-refractivity contribution in [1.29, 1.82) is 0 Å². The molecule has 3 rings (SSSR count). The maximum absolute atomic E-state index is 9.06. The standard InChI is InChI=1S/C24H39N.C3H4O/c1-3-4-5-6-19-7-9-20(10-8-19)21-11-13-22(14-12-21)23-15-17-24(25-2)18-16-23;1-2-3-4/h11-14,19-20,23-25H,3-10,15-18H2,1-2H3;2-3H,1H2. The molecule has 0 amide bonds. The van der Waals surface area contributed by atoms with Crippen molar-refractivity contribution in [2.45, 2.75) is 102 Å². The second-order valence-corrected chi connectivity index (χ2v) is 9.09. The minimum atomic E-state index is 0.639. The van der Waals surface area contributed by atoms with E-state index in [0.717, 1.165) is 23.8 Å². The van der Waals surface area contributed by atoms with Crippen LogP contribution in [-0.2, 0) is 4.79 Å². The molecule has 0 saturated heterocycles. The predicted molar refractivity (Wildman–Crippen MR) is 126 cm³/mol. The second kappa shape index (κ2) is 13.7. The smallest absolute Gasteiger partial charge is 0.142 e. The summed E-state index contributed by atoms with van der Waals surface area (Å²) in [6.45, 7) is 5.42. The number of carbonyl (C=O) groups is 1. The Morgan fingerprint density at radius 1 is 0.897 bits per heavy atom. The van der Waals surface area contributed by atoms with Gasteiger partial charge >= 0.3 is 0 Å². The van der Waals surface area contributed by atoms with Crippen molar-refractivity contribution in [3.63, 3.8) is 0 Å².